The van der Waals surface area contributed by atoms with Gasteiger partial charge in [-0.15, -0.1) is 0 Å². The molecule has 3 heterocycles. The number of nitrogens with two attached hydrogens (primary N) is 1. The van der Waals surface area contributed by atoms with Crippen LogP contribution in [-0.4, -0.2) is 40.4 Å². The predicted molar refractivity (Wildman–Crippen MR) is 143 cm³/mol. The van der Waals surface area contributed by atoms with Gasteiger partial charge in [-0.05, 0) is 65.5 Å². The topological polar surface area (TPSA) is 103 Å². The summed E-state index contributed by atoms with van der Waals surface area (Å²) < 4.78 is 91.4. The molecule has 3 aromatic rings. The van der Waals surface area contributed by atoms with Crippen molar-refractivity contribution in [3.63, 3.8) is 0 Å². The van der Waals surface area contributed by atoms with Crippen LogP contribution in [0.3, 0.4) is 0 Å². The minimum absolute atomic E-state index is 0.0723. The summed E-state index contributed by atoms with van der Waals surface area (Å²) in [5.41, 5.74) is 3.19. The van der Waals surface area contributed by atoms with Crippen LogP contribution in [0.5, 0.6) is 5.88 Å². The van der Waals surface area contributed by atoms with Crippen molar-refractivity contribution in [2.24, 2.45) is 5.73 Å². The summed E-state index contributed by atoms with van der Waals surface area (Å²) >= 11 is 3.27. The largest absolute Gasteiger partial charge is 0.481 e. The molecule has 2 atom stereocenters. The molecule has 42 heavy (non-hydrogen) atoms. The number of nitrogens with zero attached hydrogens (tertiary/aromatic N) is 4. The molecule has 2 N–H and O–H groups in total. The SMILES string of the molecule is CCOC(=O)N1c2ccc(OC)nc2[C@H](c2ncc(Br)c(Cc3cc(C(F)(F)F)cc(C(F)(F)F)c3)n2)C[C@]1(N)CC. The number of halogens is 7. The highest BCUT2D eigenvalue weighted by molar-refractivity contribution is 9.10. The molecule has 0 fully saturated rings. The van der Waals surface area contributed by atoms with Crippen LogP contribution >= 0.6 is 15.9 Å². The molecule has 4 rings (SSSR count). The first-order chi connectivity index (χ1) is 19.6. The maximum atomic E-state index is 13.4. The number of methoxy groups -OCH3 is 1. The third kappa shape index (κ3) is 6.31. The summed E-state index contributed by atoms with van der Waals surface area (Å²) in [5, 5.41) is 0. The van der Waals surface area contributed by atoms with Gasteiger partial charge < -0.3 is 15.2 Å². The second kappa shape index (κ2) is 11.7. The van der Waals surface area contributed by atoms with Crippen LogP contribution in [0.25, 0.3) is 0 Å². The standard InChI is InChI=1S/C27H26BrF6N5O3/c1-4-25(35)12-17(22-20(6-7-21(38-22)41-3)39(25)24(40)42-5-2)23-36-13-18(28)19(37-23)10-14-8-15(26(29,30)31)11-16(9-14)27(32,33)34/h6-9,11,13,17H,4-5,10,12,35H2,1-3H3/t17-,25+/m1/s1. The van der Waals surface area contributed by atoms with Crippen molar-refractivity contribution in [2.75, 3.05) is 18.6 Å². The summed E-state index contributed by atoms with van der Waals surface area (Å²) in [6.07, 6.45) is -9.30. The van der Waals surface area contributed by atoms with Gasteiger partial charge >= 0.3 is 18.4 Å². The lowest BCUT2D eigenvalue weighted by molar-refractivity contribution is -0.143. The van der Waals surface area contributed by atoms with Crippen molar-refractivity contribution in [2.45, 2.75) is 57.0 Å². The highest BCUT2D eigenvalue weighted by Gasteiger charge is 2.47. The highest BCUT2D eigenvalue weighted by atomic mass is 79.9. The van der Waals surface area contributed by atoms with E-state index in [-0.39, 0.29) is 52.9 Å². The molecule has 2 aromatic heterocycles. The number of aromatic nitrogens is 3. The second-order valence-corrected chi connectivity index (χ2v) is 10.5. The van der Waals surface area contributed by atoms with E-state index in [0.717, 1.165) is 0 Å². The molecular formula is C27H26BrF6N5O3. The van der Waals surface area contributed by atoms with Crippen molar-refractivity contribution in [3.05, 3.63) is 74.9 Å². The van der Waals surface area contributed by atoms with Gasteiger partial charge in [0.25, 0.3) is 0 Å². The molecule has 0 radical (unpaired) electrons. The molecular weight excluding hydrogens is 636 g/mol. The zero-order valence-electron chi connectivity index (χ0n) is 22.6. The first-order valence-corrected chi connectivity index (χ1v) is 13.5. The third-order valence-corrected chi connectivity index (χ3v) is 7.55. The lowest BCUT2D eigenvalue weighted by atomic mass is 9.83. The van der Waals surface area contributed by atoms with Crippen LogP contribution in [0.1, 0.15) is 66.5 Å². The summed E-state index contributed by atoms with van der Waals surface area (Å²) in [6.45, 7) is 3.54. The van der Waals surface area contributed by atoms with E-state index in [4.69, 9.17) is 15.2 Å². The van der Waals surface area contributed by atoms with Gasteiger partial charge in [-0.25, -0.2) is 19.7 Å². The number of hydrogen-bond donors (Lipinski definition) is 1. The molecule has 0 aliphatic carbocycles. The molecule has 0 saturated heterocycles. The quantitative estimate of drug-likeness (QED) is 0.289. The van der Waals surface area contributed by atoms with Crippen molar-refractivity contribution >= 4 is 27.7 Å². The predicted octanol–water partition coefficient (Wildman–Crippen LogP) is 6.83. The van der Waals surface area contributed by atoms with Crippen LogP contribution in [0.4, 0.5) is 36.8 Å². The highest BCUT2D eigenvalue weighted by Crippen LogP contribution is 2.45. The fourth-order valence-corrected chi connectivity index (χ4v) is 5.13. The molecule has 226 valence electrons. The Morgan fingerprint density at radius 2 is 1.74 bits per heavy atom. The van der Waals surface area contributed by atoms with Crippen molar-refractivity contribution in [1.82, 2.24) is 15.0 Å². The zero-order valence-corrected chi connectivity index (χ0v) is 24.2. The van der Waals surface area contributed by atoms with Crippen LogP contribution < -0.4 is 15.4 Å². The number of benzene rings is 1. The third-order valence-electron chi connectivity index (χ3n) is 6.89. The fraction of sp³-hybridized carbons (Fsp3) is 0.407. The van der Waals surface area contributed by atoms with E-state index in [1.54, 1.807) is 26.0 Å². The summed E-state index contributed by atoms with van der Waals surface area (Å²) in [4.78, 5) is 27.8. The van der Waals surface area contributed by atoms with Gasteiger partial charge in [0.15, 0.2) is 0 Å². The van der Waals surface area contributed by atoms with E-state index in [1.165, 1.54) is 18.2 Å². The molecule has 0 unspecified atom stereocenters. The lowest BCUT2D eigenvalue weighted by Gasteiger charge is -2.46. The molecule has 15 heteroatoms. The average molecular weight is 662 g/mol. The number of ether oxygens (including phenoxy) is 2. The number of hydrogen-bond acceptors (Lipinski definition) is 7. The van der Waals surface area contributed by atoms with Crippen LogP contribution in [0.2, 0.25) is 0 Å². The number of pyridine rings is 1. The minimum atomic E-state index is -4.99. The van der Waals surface area contributed by atoms with E-state index >= 15 is 0 Å². The summed E-state index contributed by atoms with van der Waals surface area (Å²) in [5.74, 6) is -0.334. The molecule has 1 aliphatic rings. The van der Waals surface area contributed by atoms with E-state index < -0.39 is 41.2 Å². The Labute approximate surface area is 245 Å². The van der Waals surface area contributed by atoms with Crippen LogP contribution in [0, 0.1) is 0 Å². The maximum absolute atomic E-state index is 13.4. The van der Waals surface area contributed by atoms with Crippen molar-refractivity contribution in [3.8, 4) is 5.88 Å². The molecule has 0 spiro atoms. The van der Waals surface area contributed by atoms with E-state index in [0.29, 0.717) is 29.9 Å². The molecule has 0 bridgehead atoms. The normalized spacial score (nSPS) is 18.9. The summed E-state index contributed by atoms with van der Waals surface area (Å²) in [7, 11) is 1.41. The Morgan fingerprint density at radius 3 is 2.29 bits per heavy atom. The van der Waals surface area contributed by atoms with Gasteiger partial charge in [0.2, 0.25) is 5.88 Å². The number of alkyl halides is 6. The average Bonchev–Trinajstić information content (AvgIpc) is 2.92. The van der Waals surface area contributed by atoms with Gasteiger partial charge in [-0.1, -0.05) is 6.92 Å². The first-order valence-electron chi connectivity index (χ1n) is 12.7. The number of fused-ring (bicyclic) bond motifs is 1. The second-order valence-electron chi connectivity index (χ2n) is 9.62. The van der Waals surface area contributed by atoms with E-state index in [9.17, 15) is 31.1 Å². The molecule has 8 nitrogen and oxygen atoms in total. The molecule has 1 aliphatic heterocycles. The Morgan fingerprint density at radius 1 is 1.10 bits per heavy atom. The Bertz CT molecular complexity index is 1450. The van der Waals surface area contributed by atoms with Crippen molar-refractivity contribution in [1.29, 1.82) is 0 Å². The molecule has 1 aromatic carbocycles. The van der Waals surface area contributed by atoms with Crippen molar-refractivity contribution < 1.29 is 40.6 Å². The number of amides is 1. The van der Waals surface area contributed by atoms with Crippen LogP contribution in [-0.2, 0) is 23.5 Å². The number of rotatable bonds is 6. The molecule has 1 amide bonds. The monoisotopic (exact) mass is 661 g/mol. The smallest absolute Gasteiger partial charge is 0.416 e. The number of carbonyl (C=O) groups excluding carboxylic acids is 1. The van der Waals surface area contributed by atoms with Gasteiger partial charge in [0, 0.05) is 18.7 Å². The number of anilines is 1. The maximum Gasteiger partial charge on any atom is 0.416 e. The van der Waals surface area contributed by atoms with E-state index in [2.05, 4.69) is 30.9 Å². The molecule has 0 saturated carbocycles. The minimum Gasteiger partial charge on any atom is -0.481 e. The Balaban J connectivity index is 1.83. The van der Waals surface area contributed by atoms with Gasteiger partial charge in [-0.2, -0.15) is 26.3 Å². The Kier molecular flexibility index (Phi) is 8.74. The number of carbonyl (C=O) groups is 1. The van der Waals surface area contributed by atoms with E-state index in [1.807, 2.05) is 0 Å². The first kappa shape index (κ1) is 31.5. The van der Waals surface area contributed by atoms with Gasteiger partial charge in [0.1, 0.15) is 11.5 Å². The fourth-order valence-electron chi connectivity index (χ4n) is 4.80. The van der Waals surface area contributed by atoms with Gasteiger partial charge in [-0.3, -0.25) is 4.90 Å². The van der Waals surface area contributed by atoms with Gasteiger partial charge in [0.05, 0.1) is 52.3 Å². The lowest BCUT2D eigenvalue weighted by Crippen LogP contribution is -2.61. The zero-order chi connectivity index (χ0) is 31.0. The summed E-state index contributed by atoms with van der Waals surface area (Å²) in [6, 6.07) is 4.53. The Hall–Kier alpha value is -3.46. The van der Waals surface area contributed by atoms with Crippen LogP contribution in [0.15, 0.2) is 41.0 Å².